The minimum absolute atomic E-state index is 0.0723. The van der Waals surface area contributed by atoms with Crippen LogP contribution in [0.25, 0.3) is 0 Å². The van der Waals surface area contributed by atoms with E-state index in [-0.39, 0.29) is 23.1 Å². The molecule has 3 amide bonds. The van der Waals surface area contributed by atoms with Crippen LogP contribution in [0.1, 0.15) is 37.2 Å². The van der Waals surface area contributed by atoms with Crippen molar-refractivity contribution in [1.29, 1.82) is 0 Å². The lowest BCUT2D eigenvalue weighted by molar-refractivity contribution is -0.128. The van der Waals surface area contributed by atoms with Gasteiger partial charge in [-0.05, 0) is 47.5 Å². The van der Waals surface area contributed by atoms with Crippen LogP contribution in [-0.2, 0) is 11.3 Å². The number of benzene rings is 3. The Morgan fingerprint density at radius 1 is 1.03 bits per heavy atom. The highest BCUT2D eigenvalue weighted by Gasteiger charge is 2.32. The van der Waals surface area contributed by atoms with Gasteiger partial charge in [-0.2, -0.15) is 0 Å². The number of hydrogen-bond acceptors (Lipinski definition) is 4. The second-order valence-corrected chi connectivity index (χ2v) is 9.44. The third-order valence-electron chi connectivity index (χ3n) is 5.52. The van der Waals surface area contributed by atoms with Crippen LogP contribution >= 0.6 is 23.4 Å². The number of amides is 3. The number of thioether (sulfide) groups is 1. The molecule has 1 fully saturated rings. The lowest BCUT2D eigenvalue weighted by Crippen LogP contribution is -2.27. The standard InChI is InChI=1S/C27H24ClN3O3S/c1-2-15-29-26(34)22-5-3-4-6-23(22)30-25(33)19-9-11-20(12-10-19)27-31(24(32)17-35-27)16-18-7-13-21(28)14-8-18/h2-14,27H,1,15-17H2,(H,29,34)(H,30,33)/t27-/m0/s1. The number of carbonyl (C=O) groups is 3. The molecule has 1 atom stereocenters. The SMILES string of the molecule is C=CCNC(=O)c1ccccc1NC(=O)c1ccc([C@@H]2SCC(=O)N2Cc2ccc(Cl)cc2)cc1. The van der Waals surface area contributed by atoms with Gasteiger partial charge in [-0.25, -0.2) is 0 Å². The van der Waals surface area contributed by atoms with Gasteiger partial charge in [0.1, 0.15) is 5.37 Å². The number of carbonyl (C=O) groups excluding carboxylic acids is 3. The summed E-state index contributed by atoms with van der Waals surface area (Å²) in [6.45, 7) is 4.41. The zero-order valence-corrected chi connectivity index (χ0v) is 20.4. The molecule has 1 aliphatic rings. The van der Waals surface area contributed by atoms with Crippen LogP contribution in [-0.4, -0.2) is 34.9 Å². The van der Waals surface area contributed by atoms with Crippen molar-refractivity contribution >= 4 is 46.8 Å². The molecule has 0 aromatic heterocycles. The van der Waals surface area contributed by atoms with Crippen LogP contribution in [0.5, 0.6) is 0 Å². The molecule has 8 heteroatoms. The smallest absolute Gasteiger partial charge is 0.255 e. The topological polar surface area (TPSA) is 78.5 Å². The Morgan fingerprint density at radius 3 is 2.46 bits per heavy atom. The molecule has 0 radical (unpaired) electrons. The first-order valence-electron chi connectivity index (χ1n) is 11.0. The van der Waals surface area contributed by atoms with E-state index in [4.69, 9.17) is 11.6 Å². The van der Waals surface area contributed by atoms with Gasteiger partial charge in [-0.3, -0.25) is 14.4 Å². The van der Waals surface area contributed by atoms with E-state index in [9.17, 15) is 14.4 Å². The summed E-state index contributed by atoms with van der Waals surface area (Å²) in [5, 5.41) is 6.06. The predicted molar refractivity (Wildman–Crippen MR) is 141 cm³/mol. The average Bonchev–Trinajstić information content (AvgIpc) is 3.24. The zero-order valence-electron chi connectivity index (χ0n) is 18.9. The van der Waals surface area contributed by atoms with Gasteiger partial charge in [-0.1, -0.05) is 54.1 Å². The Morgan fingerprint density at radius 2 is 1.74 bits per heavy atom. The fourth-order valence-corrected chi connectivity index (χ4v) is 5.05. The Hall–Kier alpha value is -3.55. The van der Waals surface area contributed by atoms with Crippen LogP contribution in [0.3, 0.4) is 0 Å². The normalized spacial score (nSPS) is 15.1. The molecule has 178 valence electrons. The molecule has 0 bridgehead atoms. The average molecular weight is 506 g/mol. The van der Waals surface area contributed by atoms with Crippen LogP contribution < -0.4 is 10.6 Å². The summed E-state index contributed by atoms with van der Waals surface area (Å²) >= 11 is 7.54. The van der Waals surface area contributed by atoms with Gasteiger partial charge < -0.3 is 15.5 Å². The highest BCUT2D eigenvalue weighted by molar-refractivity contribution is 8.00. The number of nitrogens with one attached hydrogen (secondary N) is 2. The first-order chi connectivity index (χ1) is 17.0. The van der Waals surface area contributed by atoms with Gasteiger partial charge in [0.15, 0.2) is 0 Å². The molecule has 6 nitrogen and oxygen atoms in total. The summed E-state index contributed by atoms with van der Waals surface area (Å²) in [7, 11) is 0. The molecule has 0 aliphatic carbocycles. The predicted octanol–water partition coefficient (Wildman–Crippen LogP) is 5.28. The number of nitrogens with zero attached hydrogens (tertiary/aromatic N) is 1. The van der Waals surface area contributed by atoms with E-state index in [0.717, 1.165) is 11.1 Å². The van der Waals surface area contributed by atoms with Gasteiger partial charge in [0.2, 0.25) is 5.91 Å². The highest BCUT2D eigenvalue weighted by atomic mass is 35.5. The molecule has 3 aromatic rings. The zero-order chi connectivity index (χ0) is 24.8. The molecule has 1 aliphatic heterocycles. The lowest BCUT2D eigenvalue weighted by Gasteiger charge is -2.24. The van der Waals surface area contributed by atoms with Gasteiger partial charge in [0.25, 0.3) is 11.8 Å². The summed E-state index contributed by atoms with van der Waals surface area (Å²) in [5.74, 6) is -0.137. The van der Waals surface area contributed by atoms with E-state index in [1.54, 1.807) is 54.2 Å². The van der Waals surface area contributed by atoms with Gasteiger partial charge >= 0.3 is 0 Å². The Bertz CT molecular complexity index is 1250. The van der Waals surface area contributed by atoms with E-state index in [1.165, 1.54) is 0 Å². The van der Waals surface area contributed by atoms with Gasteiger partial charge in [-0.15, -0.1) is 18.3 Å². The molecular weight excluding hydrogens is 482 g/mol. The van der Waals surface area contributed by atoms with Gasteiger partial charge in [0.05, 0.1) is 17.0 Å². The van der Waals surface area contributed by atoms with Crippen molar-refractivity contribution in [3.8, 4) is 0 Å². The summed E-state index contributed by atoms with van der Waals surface area (Å²) in [5.41, 5.74) is 3.19. The van der Waals surface area contributed by atoms with Crippen molar-refractivity contribution < 1.29 is 14.4 Å². The number of rotatable bonds is 8. The van der Waals surface area contributed by atoms with Crippen LogP contribution in [0, 0.1) is 0 Å². The molecule has 0 spiro atoms. The van der Waals surface area contributed by atoms with E-state index >= 15 is 0 Å². The maximum atomic E-state index is 12.9. The second kappa shape index (κ2) is 11.3. The number of hydrogen-bond donors (Lipinski definition) is 2. The molecule has 0 unspecified atom stereocenters. The van der Waals surface area contributed by atoms with Crippen molar-refractivity contribution in [3.63, 3.8) is 0 Å². The fourth-order valence-electron chi connectivity index (χ4n) is 3.73. The van der Waals surface area contributed by atoms with E-state index in [1.807, 2.05) is 41.3 Å². The van der Waals surface area contributed by atoms with Crippen molar-refractivity contribution in [3.05, 3.63) is 113 Å². The van der Waals surface area contributed by atoms with Crippen molar-refractivity contribution in [2.75, 3.05) is 17.6 Å². The van der Waals surface area contributed by atoms with Crippen molar-refractivity contribution in [2.45, 2.75) is 11.9 Å². The van der Waals surface area contributed by atoms with Crippen LogP contribution in [0.15, 0.2) is 85.5 Å². The molecule has 2 N–H and O–H groups in total. The van der Waals surface area contributed by atoms with Crippen molar-refractivity contribution in [1.82, 2.24) is 10.2 Å². The number of anilines is 1. The number of halogens is 1. The second-order valence-electron chi connectivity index (χ2n) is 7.93. The van der Waals surface area contributed by atoms with Crippen molar-refractivity contribution in [2.24, 2.45) is 0 Å². The number of para-hydroxylation sites is 1. The summed E-state index contributed by atoms with van der Waals surface area (Å²) in [6, 6.07) is 21.5. The Balaban J connectivity index is 1.46. The summed E-state index contributed by atoms with van der Waals surface area (Å²) in [4.78, 5) is 39.6. The molecule has 0 saturated carbocycles. The Kier molecular flexibility index (Phi) is 7.90. The Labute approximate surface area is 213 Å². The lowest BCUT2D eigenvalue weighted by atomic mass is 10.1. The van der Waals surface area contributed by atoms with Gasteiger partial charge in [0, 0.05) is 23.7 Å². The van der Waals surface area contributed by atoms with E-state index in [0.29, 0.717) is 40.7 Å². The highest BCUT2D eigenvalue weighted by Crippen LogP contribution is 2.39. The summed E-state index contributed by atoms with van der Waals surface area (Å²) in [6.07, 6.45) is 1.59. The molecule has 4 rings (SSSR count). The van der Waals surface area contributed by atoms with Crippen LogP contribution in [0.4, 0.5) is 5.69 Å². The minimum Gasteiger partial charge on any atom is -0.349 e. The van der Waals surface area contributed by atoms with E-state index < -0.39 is 0 Å². The first-order valence-corrected chi connectivity index (χ1v) is 12.4. The van der Waals surface area contributed by atoms with E-state index in [2.05, 4.69) is 17.2 Å². The first kappa shape index (κ1) is 24.6. The monoisotopic (exact) mass is 505 g/mol. The molecule has 1 saturated heterocycles. The fraction of sp³-hybridized carbons (Fsp3) is 0.148. The molecule has 3 aromatic carbocycles. The summed E-state index contributed by atoms with van der Waals surface area (Å²) < 4.78 is 0. The molecular formula is C27H24ClN3O3S. The molecule has 1 heterocycles. The molecule has 35 heavy (non-hydrogen) atoms. The van der Waals surface area contributed by atoms with Crippen LogP contribution in [0.2, 0.25) is 5.02 Å². The maximum Gasteiger partial charge on any atom is 0.255 e. The quantitative estimate of drug-likeness (QED) is 0.408. The maximum absolute atomic E-state index is 12.9. The largest absolute Gasteiger partial charge is 0.349 e. The minimum atomic E-state index is -0.325. The third kappa shape index (κ3) is 5.93. The third-order valence-corrected chi connectivity index (χ3v) is 7.03.